The van der Waals surface area contributed by atoms with Gasteiger partial charge in [-0.2, -0.15) is 0 Å². The first-order chi connectivity index (χ1) is 11.1. The summed E-state index contributed by atoms with van der Waals surface area (Å²) in [6, 6.07) is 0.440. The Bertz CT molecular complexity index is 388. The van der Waals surface area contributed by atoms with Crippen LogP contribution in [0.4, 0.5) is 0 Å². The summed E-state index contributed by atoms with van der Waals surface area (Å²) in [5.41, 5.74) is 0. The van der Waals surface area contributed by atoms with Crippen LogP contribution in [0.3, 0.4) is 0 Å². The summed E-state index contributed by atoms with van der Waals surface area (Å²) < 4.78 is 0. The molecule has 2 fully saturated rings. The normalized spacial score (nSPS) is 21.1. The Hall–Kier alpha value is -1.14. The number of hydrogen-bond donors (Lipinski definition) is 1. The molecule has 1 N–H and O–H groups in total. The van der Waals surface area contributed by atoms with Gasteiger partial charge in [-0.25, -0.2) is 0 Å². The Morgan fingerprint density at radius 2 is 1.57 bits per heavy atom. The number of nitrogens with one attached hydrogen (secondary N) is 1. The molecule has 0 spiro atoms. The van der Waals surface area contributed by atoms with Gasteiger partial charge in [-0.1, -0.05) is 19.3 Å². The molecule has 0 radical (unpaired) electrons. The van der Waals surface area contributed by atoms with Crippen LogP contribution in [0.25, 0.3) is 0 Å². The molecule has 0 unspecified atom stereocenters. The van der Waals surface area contributed by atoms with Gasteiger partial charge in [0.1, 0.15) is 0 Å². The van der Waals surface area contributed by atoms with E-state index in [1.165, 1.54) is 19.3 Å². The lowest BCUT2D eigenvalue weighted by Gasteiger charge is -2.36. The second-order valence-electron chi connectivity index (χ2n) is 6.80. The largest absolute Gasteiger partial charge is 0.355 e. The molecule has 132 valence electrons. The number of amides is 2. The highest BCUT2D eigenvalue weighted by Crippen LogP contribution is 2.21. The zero-order valence-electron chi connectivity index (χ0n) is 14.7. The highest BCUT2D eigenvalue weighted by molar-refractivity contribution is 5.78. The predicted molar refractivity (Wildman–Crippen MR) is 91.2 cm³/mol. The van der Waals surface area contributed by atoms with E-state index in [1.807, 2.05) is 18.9 Å². The van der Waals surface area contributed by atoms with E-state index in [-0.39, 0.29) is 11.8 Å². The Balaban J connectivity index is 1.68. The molecule has 0 aromatic rings. The van der Waals surface area contributed by atoms with Crippen LogP contribution in [0.5, 0.6) is 0 Å². The molecule has 23 heavy (non-hydrogen) atoms. The van der Waals surface area contributed by atoms with Crippen LogP contribution in [0.2, 0.25) is 0 Å². The Morgan fingerprint density at radius 1 is 1.00 bits per heavy atom. The van der Waals surface area contributed by atoms with E-state index in [9.17, 15) is 9.59 Å². The van der Waals surface area contributed by atoms with E-state index in [2.05, 4.69) is 15.1 Å². The third-order valence-corrected chi connectivity index (χ3v) is 5.08. The van der Waals surface area contributed by atoms with Gasteiger partial charge in [-0.05, 0) is 19.8 Å². The van der Waals surface area contributed by atoms with Gasteiger partial charge in [0, 0.05) is 45.8 Å². The fourth-order valence-corrected chi connectivity index (χ4v) is 3.54. The molecule has 0 atom stereocenters. The van der Waals surface area contributed by atoms with Gasteiger partial charge < -0.3 is 10.2 Å². The minimum atomic E-state index is 0.0917. The molecule has 1 aliphatic heterocycles. The van der Waals surface area contributed by atoms with Crippen molar-refractivity contribution in [1.29, 1.82) is 0 Å². The molecule has 6 nitrogen and oxygen atoms in total. The van der Waals surface area contributed by atoms with Crippen LogP contribution in [0.15, 0.2) is 0 Å². The van der Waals surface area contributed by atoms with Crippen LogP contribution >= 0.6 is 0 Å². The second kappa shape index (κ2) is 9.23. The molecule has 2 aliphatic rings. The molecule has 6 heteroatoms. The molecule has 0 bridgehead atoms. The minimum Gasteiger partial charge on any atom is -0.355 e. The zero-order valence-corrected chi connectivity index (χ0v) is 14.7. The maximum absolute atomic E-state index is 12.5. The lowest BCUT2D eigenvalue weighted by atomic mass is 9.94. The maximum atomic E-state index is 12.5. The van der Waals surface area contributed by atoms with E-state index in [0.29, 0.717) is 25.7 Å². The quantitative estimate of drug-likeness (QED) is 0.774. The average molecular weight is 324 g/mol. The average Bonchev–Trinajstić information content (AvgIpc) is 2.57. The molecule has 1 saturated carbocycles. The van der Waals surface area contributed by atoms with E-state index < -0.39 is 0 Å². The van der Waals surface area contributed by atoms with Crippen molar-refractivity contribution in [2.75, 3.05) is 52.9 Å². The molecule has 0 aromatic carbocycles. The molecule has 0 aromatic heterocycles. The molecule has 1 heterocycles. The van der Waals surface area contributed by atoms with Crippen LogP contribution < -0.4 is 5.32 Å². The van der Waals surface area contributed by atoms with Gasteiger partial charge in [0.25, 0.3) is 0 Å². The summed E-state index contributed by atoms with van der Waals surface area (Å²) in [6.45, 7) is 7.05. The number of rotatable bonds is 6. The summed E-state index contributed by atoms with van der Waals surface area (Å²) in [5.74, 6) is 0.336. The maximum Gasteiger partial charge on any atom is 0.236 e. The molecular formula is C17H32N4O2. The van der Waals surface area contributed by atoms with Crippen molar-refractivity contribution in [3.05, 3.63) is 0 Å². The first-order valence-corrected chi connectivity index (χ1v) is 9.07. The highest BCUT2D eigenvalue weighted by Gasteiger charge is 2.25. The number of piperazine rings is 1. The van der Waals surface area contributed by atoms with E-state index in [0.717, 1.165) is 39.0 Å². The van der Waals surface area contributed by atoms with Crippen molar-refractivity contribution in [1.82, 2.24) is 20.0 Å². The predicted octanol–water partition coefficient (Wildman–Crippen LogP) is 0.531. The monoisotopic (exact) mass is 324 g/mol. The molecule has 2 rings (SSSR count). The fraction of sp³-hybridized carbons (Fsp3) is 0.882. The number of likely N-dealkylation sites (N-methyl/N-ethyl adjacent to an activating group) is 2. The number of hydrogen-bond acceptors (Lipinski definition) is 4. The van der Waals surface area contributed by atoms with Gasteiger partial charge >= 0.3 is 0 Å². The Labute approximate surface area is 140 Å². The van der Waals surface area contributed by atoms with Crippen molar-refractivity contribution in [2.24, 2.45) is 0 Å². The van der Waals surface area contributed by atoms with Gasteiger partial charge in [-0.15, -0.1) is 0 Å². The lowest BCUT2D eigenvalue weighted by molar-refractivity contribution is -0.134. The van der Waals surface area contributed by atoms with Crippen LogP contribution in [0.1, 0.15) is 39.0 Å². The summed E-state index contributed by atoms with van der Waals surface area (Å²) in [5, 5.41) is 2.83. The van der Waals surface area contributed by atoms with Crippen LogP contribution in [0, 0.1) is 0 Å². The van der Waals surface area contributed by atoms with Crippen LogP contribution in [-0.4, -0.2) is 85.4 Å². The SMILES string of the molecule is CCNC(=O)CN1CCN(CC(=O)N(C)C2CCCCC2)CC1. The van der Waals surface area contributed by atoms with Crippen LogP contribution in [-0.2, 0) is 9.59 Å². The van der Waals surface area contributed by atoms with E-state index in [4.69, 9.17) is 0 Å². The van der Waals surface area contributed by atoms with E-state index in [1.54, 1.807) is 0 Å². The molecule has 2 amide bonds. The Kier molecular flexibility index (Phi) is 7.30. The molecular weight excluding hydrogens is 292 g/mol. The number of carbonyl (C=O) groups excluding carboxylic acids is 2. The molecule has 1 aliphatic carbocycles. The van der Waals surface area contributed by atoms with Gasteiger partial charge in [0.15, 0.2) is 0 Å². The number of nitrogens with zero attached hydrogens (tertiary/aromatic N) is 3. The van der Waals surface area contributed by atoms with Crippen molar-refractivity contribution >= 4 is 11.8 Å². The van der Waals surface area contributed by atoms with Crippen molar-refractivity contribution in [3.8, 4) is 0 Å². The van der Waals surface area contributed by atoms with Gasteiger partial charge in [-0.3, -0.25) is 19.4 Å². The highest BCUT2D eigenvalue weighted by atomic mass is 16.2. The van der Waals surface area contributed by atoms with Crippen molar-refractivity contribution in [3.63, 3.8) is 0 Å². The lowest BCUT2D eigenvalue weighted by Crippen LogP contribution is -2.52. The summed E-state index contributed by atoms with van der Waals surface area (Å²) in [4.78, 5) is 30.4. The summed E-state index contributed by atoms with van der Waals surface area (Å²) in [6.07, 6.45) is 6.12. The number of carbonyl (C=O) groups is 2. The second-order valence-corrected chi connectivity index (χ2v) is 6.80. The smallest absolute Gasteiger partial charge is 0.236 e. The standard InChI is InChI=1S/C17H32N4O2/c1-3-18-16(22)13-20-9-11-21(12-10-20)14-17(23)19(2)15-7-5-4-6-8-15/h15H,3-14H2,1-2H3,(H,18,22). The summed E-state index contributed by atoms with van der Waals surface area (Å²) in [7, 11) is 1.96. The summed E-state index contributed by atoms with van der Waals surface area (Å²) >= 11 is 0. The zero-order chi connectivity index (χ0) is 16.7. The van der Waals surface area contributed by atoms with Crippen molar-refractivity contribution < 1.29 is 9.59 Å². The van der Waals surface area contributed by atoms with Gasteiger partial charge in [0.05, 0.1) is 13.1 Å². The molecule has 1 saturated heterocycles. The fourth-order valence-electron chi connectivity index (χ4n) is 3.54. The van der Waals surface area contributed by atoms with Crippen molar-refractivity contribution in [2.45, 2.75) is 45.1 Å². The first-order valence-electron chi connectivity index (χ1n) is 9.07. The van der Waals surface area contributed by atoms with Gasteiger partial charge in [0.2, 0.25) is 11.8 Å². The van der Waals surface area contributed by atoms with E-state index >= 15 is 0 Å². The third kappa shape index (κ3) is 5.77. The third-order valence-electron chi connectivity index (χ3n) is 5.08. The first kappa shape index (κ1) is 18.2. The topological polar surface area (TPSA) is 55.9 Å². The minimum absolute atomic E-state index is 0.0917. The Morgan fingerprint density at radius 3 is 2.13 bits per heavy atom.